The third kappa shape index (κ3) is 5.88. The quantitative estimate of drug-likeness (QED) is 0.363. The van der Waals surface area contributed by atoms with Crippen LogP contribution in [0.25, 0.3) is 10.8 Å². The zero-order chi connectivity index (χ0) is 19.6. The summed E-state index contributed by atoms with van der Waals surface area (Å²) < 4.78 is 21.0. The van der Waals surface area contributed by atoms with Crippen LogP contribution in [0.4, 0.5) is 0 Å². The highest BCUT2D eigenvalue weighted by Gasteiger charge is 2.07. The molecule has 0 amide bonds. The van der Waals surface area contributed by atoms with Gasteiger partial charge in [0.05, 0.1) is 0 Å². The Labute approximate surface area is 158 Å². The summed E-state index contributed by atoms with van der Waals surface area (Å²) in [6.07, 6.45) is 2.23. The van der Waals surface area contributed by atoms with E-state index in [-0.39, 0.29) is 26.4 Å². The molecule has 6 heteroatoms. The molecular weight excluding hydrogens is 348 g/mol. The van der Waals surface area contributed by atoms with Crippen molar-refractivity contribution in [2.24, 2.45) is 0 Å². The minimum absolute atomic E-state index is 0.158. The van der Waals surface area contributed by atoms with Crippen molar-refractivity contribution in [1.82, 2.24) is 0 Å². The van der Waals surface area contributed by atoms with Crippen molar-refractivity contribution in [3.63, 3.8) is 0 Å². The van der Waals surface area contributed by atoms with Crippen LogP contribution in [0.1, 0.15) is 5.56 Å². The van der Waals surface area contributed by atoms with Gasteiger partial charge in [0.25, 0.3) is 0 Å². The van der Waals surface area contributed by atoms with Crippen LogP contribution in [0.5, 0.6) is 11.5 Å². The van der Waals surface area contributed by atoms with Gasteiger partial charge in [-0.2, -0.15) is 0 Å². The van der Waals surface area contributed by atoms with Crippen molar-refractivity contribution < 1.29 is 28.5 Å². The number of fused-ring (bicyclic) bond motifs is 1. The molecule has 0 saturated heterocycles. The minimum Gasteiger partial charge on any atom is -0.490 e. The smallest absolute Gasteiger partial charge is 0.330 e. The van der Waals surface area contributed by atoms with Gasteiger partial charge in [0, 0.05) is 12.2 Å². The van der Waals surface area contributed by atoms with Gasteiger partial charge < -0.3 is 18.9 Å². The highest BCUT2D eigenvalue weighted by Crippen LogP contribution is 2.29. The highest BCUT2D eigenvalue weighted by atomic mass is 16.6. The summed E-state index contributed by atoms with van der Waals surface area (Å²) in [5, 5.41) is 2.03. The van der Waals surface area contributed by atoms with Gasteiger partial charge in [-0.1, -0.05) is 25.3 Å². The lowest BCUT2D eigenvalue weighted by molar-refractivity contribution is -0.139. The Kier molecular flexibility index (Phi) is 7.43. The molecule has 0 heterocycles. The number of aryl methyl sites for hydroxylation is 1. The SMILES string of the molecule is C=CC(=O)OCCOc1ccc2c(C)c(OCCOC(=O)C=C)ccc2c1. The molecule has 0 saturated carbocycles. The van der Waals surface area contributed by atoms with Crippen molar-refractivity contribution in [3.05, 3.63) is 61.2 Å². The van der Waals surface area contributed by atoms with Gasteiger partial charge in [0.1, 0.15) is 37.9 Å². The first-order chi connectivity index (χ1) is 13.0. The molecule has 2 aromatic rings. The molecule has 0 unspecified atom stereocenters. The van der Waals surface area contributed by atoms with Crippen LogP contribution < -0.4 is 9.47 Å². The second-order valence-corrected chi connectivity index (χ2v) is 5.51. The van der Waals surface area contributed by atoms with Crippen LogP contribution in [0, 0.1) is 6.92 Å². The molecule has 0 aliphatic rings. The molecule has 0 fully saturated rings. The van der Waals surface area contributed by atoms with Crippen molar-refractivity contribution >= 4 is 22.7 Å². The fraction of sp³-hybridized carbons (Fsp3) is 0.238. The van der Waals surface area contributed by atoms with E-state index >= 15 is 0 Å². The Hall–Kier alpha value is -3.28. The van der Waals surface area contributed by atoms with E-state index in [1.807, 2.05) is 37.3 Å². The summed E-state index contributed by atoms with van der Waals surface area (Å²) in [6, 6.07) is 9.49. The Morgan fingerprint density at radius 2 is 1.52 bits per heavy atom. The van der Waals surface area contributed by atoms with Crippen molar-refractivity contribution in [1.29, 1.82) is 0 Å². The van der Waals surface area contributed by atoms with E-state index in [1.54, 1.807) is 0 Å². The number of carbonyl (C=O) groups excluding carboxylic acids is 2. The lowest BCUT2D eigenvalue weighted by Gasteiger charge is -2.13. The van der Waals surface area contributed by atoms with Gasteiger partial charge in [-0.3, -0.25) is 0 Å². The molecule has 0 radical (unpaired) electrons. The van der Waals surface area contributed by atoms with Crippen LogP contribution in [-0.4, -0.2) is 38.4 Å². The summed E-state index contributed by atoms with van der Waals surface area (Å²) in [5.74, 6) is 0.462. The molecule has 2 rings (SSSR count). The molecule has 0 bridgehead atoms. The molecule has 0 aromatic heterocycles. The largest absolute Gasteiger partial charge is 0.490 e. The Bertz CT molecular complexity index is 840. The van der Waals surface area contributed by atoms with Crippen molar-refractivity contribution in [3.8, 4) is 11.5 Å². The molecule has 0 aliphatic carbocycles. The normalized spacial score (nSPS) is 10.1. The van der Waals surface area contributed by atoms with E-state index in [0.29, 0.717) is 5.75 Å². The van der Waals surface area contributed by atoms with Crippen LogP contribution in [0.3, 0.4) is 0 Å². The number of carbonyl (C=O) groups is 2. The maximum Gasteiger partial charge on any atom is 0.330 e. The third-order valence-electron chi connectivity index (χ3n) is 3.73. The standard InChI is InChI=1S/C21H22O6/c1-4-20(22)26-12-10-24-17-7-8-18-15(3)19(9-6-16(18)14-17)25-11-13-27-21(23)5-2/h4-9,14H,1-2,10-13H2,3H3. The van der Waals surface area contributed by atoms with E-state index in [4.69, 9.17) is 18.9 Å². The van der Waals surface area contributed by atoms with Gasteiger partial charge in [-0.15, -0.1) is 0 Å². The molecule has 0 atom stereocenters. The summed E-state index contributed by atoms with van der Waals surface area (Å²) in [6.45, 7) is 9.46. The molecule has 142 valence electrons. The lowest BCUT2D eigenvalue weighted by atomic mass is 10.0. The van der Waals surface area contributed by atoms with E-state index in [1.165, 1.54) is 0 Å². The number of rotatable bonds is 10. The predicted octanol–water partition coefficient (Wildman–Crippen LogP) is 3.36. The van der Waals surface area contributed by atoms with Crippen molar-refractivity contribution in [2.75, 3.05) is 26.4 Å². The lowest BCUT2D eigenvalue weighted by Crippen LogP contribution is -2.10. The van der Waals surface area contributed by atoms with Crippen molar-refractivity contribution in [2.45, 2.75) is 6.92 Å². The van der Waals surface area contributed by atoms with Crippen LogP contribution in [0.15, 0.2) is 55.6 Å². The summed E-state index contributed by atoms with van der Waals surface area (Å²) in [7, 11) is 0. The summed E-state index contributed by atoms with van der Waals surface area (Å²) in [5.41, 5.74) is 0.981. The van der Waals surface area contributed by atoms with Gasteiger partial charge >= 0.3 is 11.9 Å². The Morgan fingerprint density at radius 3 is 2.15 bits per heavy atom. The second kappa shape index (κ2) is 10.0. The molecule has 0 aliphatic heterocycles. The average molecular weight is 370 g/mol. The van der Waals surface area contributed by atoms with Gasteiger partial charge in [-0.25, -0.2) is 9.59 Å². The number of benzene rings is 2. The number of esters is 2. The van der Waals surface area contributed by atoms with Gasteiger partial charge in [0.15, 0.2) is 0 Å². The first kappa shape index (κ1) is 20.0. The molecule has 0 N–H and O–H groups in total. The van der Waals surface area contributed by atoms with Crippen LogP contribution >= 0.6 is 0 Å². The number of hydrogen-bond acceptors (Lipinski definition) is 6. The van der Waals surface area contributed by atoms with Gasteiger partial charge in [0.2, 0.25) is 0 Å². The number of hydrogen-bond donors (Lipinski definition) is 0. The predicted molar refractivity (Wildman–Crippen MR) is 102 cm³/mol. The highest BCUT2D eigenvalue weighted by molar-refractivity contribution is 5.88. The zero-order valence-corrected chi connectivity index (χ0v) is 15.2. The third-order valence-corrected chi connectivity index (χ3v) is 3.73. The van der Waals surface area contributed by atoms with E-state index in [9.17, 15) is 9.59 Å². The molecular formula is C21H22O6. The maximum atomic E-state index is 11.0. The molecule has 27 heavy (non-hydrogen) atoms. The Balaban J connectivity index is 1.95. The van der Waals surface area contributed by atoms with Gasteiger partial charge in [-0.05, 0) is 41.5 Å². The van der Waals surface area contributed by atoms with Crippen LogP contribution in [0.2, 0.25) is 0 Å². The van der Waals surface area contributed by atoms with E-state index in [2.05, 4.69) is 13.2 Å². The maximum absolute atomic E-state index is 11.0. The van der Waals surface area contributed by atoms with E-state index < -0.39 is 11.9 Å². The molecule has 2 aromatic carbocycles. The van der Waals surface area contributed by atoms with E-state index in [0.717, 1.165) is 34.2 Å². The minimum atomic E-state index is -0.473. The first-order valence-electron chi connectivity index (χ1n) is 8.42. The molecule has 0 spiro atoms. The van der Waals surface area contributed by atoms with Crippen LogP contribution in [-0.2, 0) is 19.1 Å². The second-order valence-electron chi connectivity index (χ2n) is 5.51. The summed E-state index contributed by atoms with van der Waals surface area (Å²) in [4.78, 5) is 22.0. The molecule has 6 nitrogen and oxygen atoms in total. The Morgan fingerprint density at radius 1 is 0.889 bits per heavy atom. The summed E-state index contributed by atoms with van der Waals surface area (Å²) >= 11 is 0. The monoisotopic (exact) mass is 370 g/mol. The zero-order valence-electron chi connectivity index (χ0n) is 15.2. The average Bonchev–Trinajstić information content (AvgIpc) is 2.69. The topological polar surface area (TPSA) is 71.1 Å². The fourth-order valence-corrected chi connectivity index (χ4v) is 2.40. The first-order valence-corrected chi connectivity index (χ1v) is 8.42. The number of ether oxygens (including phenoxy) is 4. The fourth-order valence-electron chi connectivity index (χ4n) is 2.40.